The predicted octanol–water partition coefficient (Wildman–Crippen LogP) is 3.12. The van der Waals surface area contributed by atoms with Crippen molar-refractivity contribution >= 4 is 18.3 Å². The van der Waals surface area contributed by atoms with Crippen LogP contribution in [0, 0.1) is 12.8 Å². The maximum atomic E-state index is 12.2. The molecule has 5 heteroatoms. The Morgan fingerprint density at radius 2 is 2.18 bits per heavy atom. The van der Waals surface area contributed by atoms with E-state index < -0.39 is 0 Å². The van der Waals surface area contributed by atoms with Gasteiger partial charge >= 0.3 is 0 Å². The molecule has 3 N–H and O–H groups in total. The predicted molar refractivity (Wildman–Crippen MR) is 91.5 cm³/mol. The van der Waals surface area contributed by atoms with Gasteiger partial charge in [0, 0.05) is 18.0 Å². The average molecular weight is 327 g/mol. The molecule has 1 unspecified atom stereocenters. The van der Waals surface area contributed by atoms with Crippen LogP contribution in [0.25, 0.3) is 0 Å². The summed E-state index contributed by atoms with van der Waals surface area (Å²) in [5.74, 6) is 1.22. The Kier molecular flexibility index (Phi) is 7.17. The molecule has 1 aliphatic carbocycles. The standard InChI is InChI=1S/C17H26N2O2.ClH/c1-11-7-8-16(21-3)14(9-11)12(2)19-17(20)10-13-5-4-6-15(13)18;/h7-9,12-13,15H,4-6,10,18H2,1-3H3,(H,19,20);1H/t12?,13-,15+;/m0./s1. The number of rotatable bonds is 5. The lowest BCUT2D eigenvalue weighted by molar-refractivity contribution is -0.122. The summed E-state index contributed by atoms with van der Waals surface area (Å²) in [5, 5.41) is 3.07. The number of ether oxygens (including phenoxy) is 1. The van der Waals surface area contributed by atoms with E-state index in [0.717, 1.165) is 36.1 Å². The third kappa shape index (κ3) is 4.62. The number of hydrogen-bond donors (Lipinski definition) is 2. The third-order valence-electron chi connectivity index (χ3n) is 4.39. The van der Waals surface area contributed by atoms with Crippen LogP contribution in [0.4, 0.5) is 0 Å². The first-order valence-corrected chi connectivity index (χ1v) is 7.70. The Morgan fingerprint density at radius 3 is 2.77 bits per heavy atom. The highest BCUT2D eigenvalue weighted by atomic mass is 35.5. The molecule has 3 atom stereocenters. The zero-order chi connectivity index (χ0) is 15.4. The summed E-state index contributed by atoms with van der Waals surface area (Å²) in [4.78, 5) is 12.2. The average Bonchev–Trinajstić information content (AvgIpc) is 2.84. The summed E-state index contributed by atoms with van der Waals surface area (Å²) < 4.78 is 5.38. The van der Waals surface area contributed by atoms with Crippen LogP contribution in [0.5, 0.6) is 5.75 Å². The molecular formula is C17H27ClN2O2. The van der Waals surface area contributed by atoms with Crippen molar-refractivity contribution in [2.45, 2.75) is 51.6 Å². The van der Waals surface area contributed by atoms with Gasteiger partial charge in [-0.3, -0.25) is 4.79 Å². The van der Waals surface area contributed by atoms with Gasteiger partial charge in [-0.05, 0) is 38.7 Å². The first-order valence-electron chi connectivity index (χ1n) is 7.70. The molecule has 1 aliphatic rings. The van der Waals surface area contributed by atoms with Gasteiger partial charge in [-0.15, -0.1) is 12.4 Å². The number of carbonyl (C=O) groups excluding carboxylic acids is 1. The van der Waals surface area contributed by atoms with Crippen LogP contribution in [0.15, 0.2) is 18.2 Å². The number of amides is 1. The summed E-state index contributed by atoms with van der Waals surface area (Å²) in [5.41, 5.74) is 8.21. The Hall–Kier alpha value is -1.26. The van der Waals surface area contributed by atoms with E-state index in [4.69, 9.17) is 10.5 Å². The lowest BCUT2D eigenvalue weighted by Gasteiger charge is -2.20. The van der Waals surface area contributed by atoms with Gasteiger partial charge < -0.3 is 15.8 Å². The minimum absolute atomic E-state index is 0. The van der Waals surface area contributed by atoms with E-state index in [2.05, 4.69) is 11.4 Å². The molecule has 4 nitrogen and oxygen atoms in total. The molecule has 1 saturated carbocycles. The van der Waals surface area contributed by atoms with Crippen LogP contribution in [0.2, 0.25) is 0 Å². The first kappa shape index (κ1) is 18.8. The minimum atomic E-state index is -0.0648. The molecule has 0 radical (unpaired) electrons. The maximum absolute atomic E-state index is 12.2. The fourth-order valence-electron chi connectivity index (χ4n) is 3.13. The second-order valence-electron chi connectivity index (χ2n) is 6.09. The van der Waals surface area contributed by atoms with Gasteiger partial charge in [-0.1, -0.05) is 24.1 Å². The van der Waals surface area contributed by atoms with Crippen molar-refractivity contribution in [2.24, 2.45) is 11.7 Å². The Balaban J connectivity index is 0.00000242. The molecule has 0 aliphatic heterocycles. The molecular weight excluding hydrogens is 300 g/mol. The van der Waals surface area contributed by atoms with E-state index in [0.29, 0.717) is 12.3 Å². The number of hydrogen-bond acceptors (Lipinski definition) is 3. The first-order chi connectivity index (χ1) is 10.0. The molecule has 2 rings (SSSR count). The van der Waals surface area contributed by atoms with E-state index in [9.17, 15) is 4.79 Å². The molecule has 0 bridgehead atoms. The minimum Gasteiger partial charge on any atom is -0.496 e. The van der Waals surface area contributed by atoms with Crippen molar-refractivity contribution in [1.82, 2.24) is 5.32 Å². The molecule has 1 aromatic rings. The van der Waals surface area contributed by atoms with Gasteiger partial charge in [0.05, 0.1) is 13.2 Å². The third-order valence-corrected chi connectivity index (χ3v) is 4.39. The molecule has 1 amide bonds. The number of nitrogens with one attached hydrogen (secondary N) is 1. The smallest absolute Gasteiger partial charge is 0.220 e. The maximum Gasteiger partial charge on any atom is 0.220 e. The number of carbonyl (C=O) groups is 1. The number of halogens is 1. The van der Waals surface area contributed by atoms with Crippen LogP contribution >= 0.6 is 12.4 Å². The zero-order valence-corrected chi connectivity index (χ0v) is 14.4. The van der Waals surface area contributed by atoms with Crippen molar-refractivity contribution in [3.05, 3.63) is 29.3 Å². The number of nitrogens with two attached hydrogens (primary N) is 1. The van der Waals surface area contributed by atoms with Crippen molar-refractivity contribution in [3.63, 3.8) is 0 Å². The zero-order valence-electron chi connectivity index (χ0n) is 13.6. The molecule has 22 heavy (non-hydrogen) atoms. The second kappa shape index (κ2) is 8.39. The van der Waals surface area contributed by atoms with E-state index in [1.165, 1.54) is 0 Å². The van der Waals surface area contributed by atoms with Gasteiger partial charge in [0.15, 0.2) is 0 Å². The van der Waals surface area contributed by atoms with E-state index >= 15 is 0 Å². The highest BCUT2D eigenvalue weighted by Gasteiger charge is 2.26. The summed E-state index contributed by atoms with van der Waals surface area (Å²) in [6.07, 6.45) is 3.77. The van der Waals surface area contributed by atoms with Gasteiger partial charge in [0.1, 0.15) is 5.75 Å². The van der Waals surface area contributed by atoms with E-state index in [-0.39, 0.29) is 30.4 Å². The van der Waals surface area contributed by atoms with Gasteiger partial charge in [-0.2, -0.15) is 0 Å². The van der Waals surface area contributed by atoms with Crippen molar-refractivity contribution in [1.29, 1.82) is 0 Å². The molecule has 1 fully saturated rings. The van der Waals surface area contributed by atoms with Crippen LogP contribution in [0.3, 0.4) is 0 Å². The highest BCUT2D eigenvalue weighted by molar-refractivity contribution is 5.85. The molecule has 124 valence electrons. The second-order valence-corrected chi connectivity index (χ2v) is 6.09. The van der Waals surface area contributed by atoms with Crippen LogP contribution < -0.4 is 15.8 Å². The summed E-state index contributed by atoms with van der Waals surface area (Å²) in [7, 11) is 1.65. The lowest BCUT2D eigenvalue weighted by atomic mass is 9.99. The molecule has 0 aromatic heterocycles. The van der Waals surface area contributed by atoms with Crippen LogP contribution in [0.1, 0.15) is 49.8 Å². The van der Waals surface area contributed by atoms with Crippen molar-refractivity contribution in [2.75, 3.05) is 7.11 Å². The number of benzene rings is 1. The Morgan fingerprint density at radius 1 is 1.45 bits per heavy atom. The monoisotopic (exact) mass is 326 g/mol. The molecule has 0 saturated heterocycles. The van der Waals surface area contributed by atoms with E-state index in [1.807, 2.05) is 26.0 Å². The highest BCUT2D eigenvalue weighted by Crippen LogP contribution is 2.28. The quantitative estimate of drug-likeness (QED) is 0.873. The molecule has 1 aromatic carbocycles. The topological polar surface area (TPSA) is 64.3 Å². The SMILES string of the molecule is COc1ccc(C)cc1C(C)NC(=O)C[C@@H]1CCC[C@H]1N.Cl. The largest absolute Gasteiger partial charge is 0.496 e. The Labute approximate surface area is 139 Å². The fraction of sp³-hybridized carbons (Fsp3) is 0.588. The summed E-state index contributed by atoms with van der Waals surface area (Å²) >= 11 is 0. The molecule has 0 spiro atoms. The van der Waals surface area contributed by atoms with E-state index in [1.54, 1.807) is 7.11 Å². The number of methoxy groups -OCH3 is 1. The lowest BCUT2D eigenvalue weighted by Crippen LogP contribution is -2.33. The van der Waals surface area contributed by atoms with Gasteiger partial charge in [0.25, 0.3) is 0 Å². The van der Waals surface area contributed by atoms with Gasteiger partial charge in [0.2, 0.25) is 5.91 Å². The van der Waals surface area contributed by atoms with Crippen LogP contribution in [-0.2, 0) is 4.79 Å². The van der Waals surface area contributed by atoms with Crippen molar-refractivity contribution in [3.8, 4) is 5.75 Å². The molecule has 0 heterocycles. The summed E-state index contributed by atoms with van der Waals surface area (Å²) in [6, 6.07) is 6.13. The Bertz CT molecular complexity index is 507. The van der Waals surface area contributed by atoms with Crippen molar-refractivity contribution < 1.29 is 9.53 Å². The fourth-order valence-corrected chi connectivity index (χ4v) is 3.13. The normalized spacial score (nSPS) is 21.8. The van der Waals surface area contributed by atoms with Gasteiger partial charge in [-0.25, -0.2) is 0 Å². The summed E-state index contributed by atoms with van der Waals surface area (Å²) in [6.45, 7) is 4.03. The van der Waals surface area contributed by atoms with Crippen LogP contribution in [-0.4, -0.2) is 19.1 Å². The number of aryl methyl sites for hydroxylation is 1.